The fraction of sp³-hybridized carbons (Fsp3) is 0.214. The predicted octanol–water partition coefficient (Wildman–Crippen LogP) is 4.68. The number of hydrogen-bond acceptors (Lipinski definition) is 5. The molecule has 3 aromatic rings. The molecule has 174 valence electrons. The number of aryl methyl sites for hydroxylation is 1. The molecule has 1 N–H and O–H groups in total. The molecule has 0 bridgehead atoms. The molecule has 0 aromatic heterocycles. The van der Waals surface area contributed by atoms with Crippen LogP contribution in [0.4, 0.5) is 0 Å². The van der Waals surface area contributed by atoms with E-state index in [9.17, 15) is 14.7 Å². The van der Waals surface area contributed by atoms with Crippen LogP contribution in [0.1, 0.15) is 28.3 Å². The number of hydrogen-bond donors (Lipinski definition) is 1. The highest BCUT2D eigenvalue weighted by Gasteiger charge is 2.45. The minimum atomic E-state index is -0.681. The second-order valence-electron chi connectivity index (χ2n) is 8.21. The first kappa shape index (κ1) is 23.1. The van der Waals surface area contributed by atoms with Gasteiger partial charge in [-0.15, -0.1) is 0 Å². The second kappa shape index (κ2) is 9.83. The number of ketones is 1. The van der Waals surface area contributed by atoms with Crippen molar-refractivity contribution in [2.24, 2.45) is 0 Å². The van der Waals surface area contributed by atoms with Gasteiger partial charge in [-0.3, -0.25) is 9.59 Å². The van der Waals surface area contributed by atoms with E-state index in [0.29, 0.717) is 30.0 Å². The number of aliphatic hydroxyl groups is 1. The molecule has 1 fully saturated rings. The minimum absolute atomic E-state index is 0.104. The molecule has 34 heavy (non-hydrogen) atoms. The summed E-state index contributed by atoms with van der Waals surface area (Å²) in [5.41, 5.74) is 3.34. The maximum atomic E-state index is 13.1. The average molecular weight is 458 g/mol. The van der Waals surface area contributed by atoms with Gasteiger partial charge < -0.3 is 19.5 Å². The molecular weight excluding hydrogens is 430 g/mol. The number of amides is 1. The van der Waals surface area contributed by atoms with E-state index in [-0.39, 0.29) is 11.3 Å². The smallest absolute Gasteiger partial charge is 0.295 e. The fourth-order valence-corrected chi connectivity index (χ4v) is 4.25. The summed E-state index contributed by atoms with van der Waals surface area (Å²) in [4.78, 5) is 27.8. The summed E-state index contributed by atoms with van der Waals surface area (Å²) in [7, 11) is 3.14. The third-order valence-corrected chi connectivity index (χ3v) is 6.07. The molecule has 0 saturated carbocycles. The van der Waals surface area contributed by atoms with Gasteiger partial charge >= 0.3 is 0 Å². The number of likely N-dealkylation sites (tertiary alicyclic amines) is 1. The summed E-state index contributed by atoms with van der Waals surface area (Å²) in [6.07, 6.45) is 0.501. The number of rotatable bonds is 7. The molecule has 6 heteroatoms. The number of Topliss-reactive ketones (excluding diaryl/α,β-unsaturated/α-hetero) is 1. The molecule has 1 unspecified atom stereocenters. The second-order valence-corrected chi connectivity index (χ2v) is 8.21. The van der Waals surface area contributed by atoms with Crippen LogP contribution in [0.15, 0.2) is 78.4 Å². The highest BCUT2D eigenvalue weighted by molar-refractivity contribution is 6.46. The summed E-state index contributed by atoms with van der Waals surface area (Å²) < 4.78 is 10.7. The van der Waals surface area contributed by atoms with Gasteiger partial charge in [0.1, 0.15) is 5.76 Å². The summed E-state index contributed by atoms with van der Waals surface area (Å²) in [6, 6.07) is 21.4. The molecule has 1 heterocycles. The van der Waals surface area contributed by atoms with Crippen molar-refractivity contribution in [2.45, 2.75) is 19.4 Å². The van der Waals surface area contributed by atoms with Crippen LogP contribution >= 0.6 is 0 Å². The Labute approximate surface area is 199 Å². The zero-order chi connectivity index (χ0) is 24.2. The number of carbonyl (C=O) groups excluding carboxylic acids is 2. The maximum absolute atomic E-state index is 13.1. The Hall–Kier alpha value is -4.06. The monoisotopic (exact) mass is 457 g/mol. The number of ether oxygens (including phenoxy) is 2. The summed E-state index contributed by atoms with van der Waals surface area (Å²) in [6.45, 7) is 2.24. The van der Waals surface area contributed by atoms with Crippen molar-refractivity contribution in [1.29, 1.82) is 0 Å². The van der Waals surface area contributed by atoms with E-state index >= 15 is 0 Å². The van der Waals surface area contributed by atoms with Crippen LogP contribution in [0.5, 0.6) is 11.5 Å². The quantitative estimate of drug-likeness (QED) is 0.317. The lowest BCUT2D eigenvalue weighted by molar-refractivity contribution is -0.139. The number of carbonyl (C=O) groups is 2. The Balaban J connectivity index is 1.72. The van der Waals surface area contributed by atoms with E-state index in [1.54, 1.807) is 26.4 Å². The van der Waals surface area contributed by atoms with Crippen molar-refractivity contribution < 1.29 is 24.2 Å². The molecule has 6 nitrogen and oxygen atoms in total. The third kappa shape index (κ3) is 4.39. The third-order valence-electron chi connectivity index (χ3n) is 6.07. The van der Waals surface area contributed by atoms with Crippen LogP contribution in [-0.2, 0) is 16.0 Å². The molecule has 0 radical (unpaired) electrons. The van der Waals surface area contributed by atoms with Crippen molar-refractivity contribution >= 4 is 17.4 Å². The maximum Gasteiger partial charge on any atom is 0.295 e. The molecular formula is C28H27NO5. The van der Waals surface area contributed by atoms with Gasteiger partial charge in [-0.2, -0.15) is 0 Å². The van der Waals surface area contributed by atoms with Crippen molar-refractivity contribution in [3.05, 3.63) is 101 Å². The number of methoxy groups -OCH3 is 2. The zero-order valence-corrected chi connectivity index (χ0v) is 19.4. The van der Waals surface area contributed by atoms with Crippen molar-refractivity contribution in [1.82, 2.24) is 4.90 Å². The Bertz CT molecular complexity index is 1230. The van der Waals surface area contributed by atoms with Gasteiger partial charge in [0.25, 0.3) is 11.7 Å². The lowest BCUT2D eigenvalue weighted by Crippen LogP contribution is -2.31. The number of nitrogens with zero attached hydrogens (tertiary/aromatic N) is 1. The van der Waals surface area contributed by atoms with Crippen molar-refractivity contribution in [3.8, 4) is 11.5 Å². The van der Waals surface area contributed by atoms with Crippen LogP contribution in [0.3, 0.4) is 0 Å². The van der Waals surface area contributed by atoms with Crippen LogP contribution in [0.2, 0.25) is 0 Å². The zero-order valence-electron chi connectivity index (χ0n) is 19.4. The summed E-state index contributed by atoms with van der Waals surface area (Å²) in [5.74, 6) is -0.252. The normalized spacial score (nSPS) is 17.1. The van der Waals surface area contributed by atoms with Gasteiger partial charge in [-0.25, -0.2) is 0 Å². The van der Waals surface area contributed by atoms with E-state index in [2.05, 4.69) is 0 Å². The molecule has 3 aromatic carbocycles. The minimum Gasteiger partial charge on any atom is -0.507 e. The van der Waals surface area contributed by atoms with Crippen LogP contribution < -0.4 is 9.47 Å². The van der Waals surface area contributed by atoms with Crippen molar-refractivity contribution in [2.75, 3.05) is 20.8 Å². The molecule has 0 aliphatic carbocycles. The van der Waals surface area contributed by atoms with Gasteiger partial charge in [-0.05, 0) is 36.6 Å². The molecule has 1 amide bonds. The average Bonchev–Trinajstić information content (AvgIpc) is 3.12. The van der Waals surface area contributed by atoms with Gasteiger partial charge in [0, 0.05) is 12.1 Å². The van der Waals surface area contributed by atoms with Gasteiger partial charge in [0.05, 0.1) is 25.8 Å². The molecule has 4 rings (SSSR count). The first-order valence-electron chi connectivity index (χ1n) is 11.1. The summed E-state index contributed by atoms with van der Waals surface area (Å²) in [5, 5.41) is 11.1. The lowest BCUT2D eigenvalue weighted by atomic mass is 9.95. The standard InChI is InChI=1S/C28H27NO5/c1-18-9-12-21(13-10-18)26(30)24-25(20-7-5-4-6-8-20)29(28(32)27(24)31)16-15-19-11-14-22(33-2)23(17-19)34-3/h4-14,17,25,30H,15-16H2,1-3H3. The molecule has 1 saturated heterocycles. The molecule has 1 aliphatic rings. The SMILES string of the molecule is COc1ccc(CCN2C(=O)C(=O)C(=C(O)c3ccc(C)cc3)C2c2ccccc2)cc1OC. The number of benzene rings is 3. The largest absolute Gasteiger partial charge is 0.507 e. The molecule has 1 atom stereocenters. The topological polar surface area (TPSA) is 76.1 Å². The summed E-state index contributed by atoms with van der Waals surface area (Å²) >= 11 is 0. The Morgan fingerprint density at radius 2 is 1.59 bits per heavy atom. The van der Waals surface area contributed by atoms with Gasteiger partial charge in [0.15, 0.2) is 11.5 Å². The molecule has 1 aliphatic heterocycles. The Kier molecular flexibility index (Phi) is 6.68. The number of aliphatic hydroxyl groups excluding tert-OH is 1. The predicted molar refractivity (Wildman–Crippen MR) is 130 cm³/mol. The van der Waals surface area contributed by atoms with Gasteiger partial charge in [0.2, 0.25) is 0 Å². The fourth-order valence-electron chi connectivity index (χ4n) is 4.25. The van der Waals surface area contributed by atoms with Crippen molar-refractivity contribution in [3.63, 3.8) is 0 Å². The Morgan fingerprint density at radius 1 is 0.912 bits per heavy atom. The van der Waals surface area contributed by atoms with Gasteiger partial charge in [-0.1, -0.05) is 66.2 Å². The van der Waals surface area contributed by atoms with Crippen LogP contribution in [0, 0.1) is 6.92 Å². The Morgan fingerprint density at radius 3 is 2.24 bits per heavy atom. The van der Waals surface area contributed by atoms with E-state index in [4.69, 9.17) is 9.47 Å². The lowest BCUT2D eigenvalue weighted by Gasteiger charge is -2.25. The van der Waals surface area contributed by atoms with E-state index < -0.39 is 17.7 Å². The first-order valence-corrected chi connectivity index (χ1v) is 11.1. The van der Waals surface area contributed by atoms with Crippen LogP contribution in [-0.4, -0.2) is 42.5 Å². The van der Waals surface area contributed by atoms with E-state index in [1.165, 1.54) is 4.90 Å². The van der Waals surface area contributed by atoms with E-state index in [1.807, 2.05) is 67.6 Å². The highest BCUT2D eigenvalue weighted by Crippen LogP contribution is 2.39. The first-order chi connectivity index (χ1) is 16.4. The highest BCUT2D eigenvalue weighted by atomic mass is 16.5. The van der Waals surface area contributed by atoms with E-state index in [0.717, 1.165) is 16.7 Å². The van der Waals surface area contributed by atoms with Crippen LogP contribution in [0.25, 0.3) is 5.76 Å². The molecule has 0 spiro atoms.